The zero-order valence-corrected chi connectivity index (χ0v) is 17.2. The van der Waals surface area contributed by atoms with Crippen LogP contribution in [0.5, 0.6) is 5.75 Å². The molecular weight excluding hydrogens is 412 g/mol. The lowest BCUT2D eigenvalue weighted by molar-refractivity contribution is -0.136. The van der Waals surface area contributed by atoms with Crippen molar-refractivity contribution in [3.8, 4) is 11.4 Å². The Hall–Kier alpha value is -2.92. The van der Waals surface area contributed by atoms with Crippen molar-refractivity contribution in [3.63, 3.8) is 0 Å². The Labute approximate surface area is 173 Å². The van der Waals surface area contributed by atoms with E-state index in [2.05, 4.69) is 15.7 Å². The number of carbonyl (C=O) groups excluding carboxylic acids is 2. The molecule has 1 atom stereocenters. The fourth-order valence-electron chi connectivity index (χ4n) is 3.54. The summed E-state index contributed by atoms with van der Waals surface area (Å²) in [7, 11) is -1.79. The average molecular weight is 434 g/mol. The zero-order chi connectivity index (χ0) is 21.3. The van der Waals surface area contributed by atoms with Crippen LogP contribution < -0.4 is 15.4 Å². The molecule has 2 aromatic rings. The van der Waals surface area contributed by atoms with Crippen LogP contribution in [0.1, 0.15) is 24.1 Å². The molecule has 30 heavy (non-hydrogen) atoms. The lowest BCUT2D eigenvalue weighted by atomic mass is 10.2. The fraction of sp³-hybridized carbons (Fsp3) is 0.421. The number of anilines is 1. The van der Waals surface area contributed by atoms with Gasteiger partial charge in [0.1, 0.15) is 11.6 Å². The summed E-state index contributed by atoms with van der Waals surface area (Å²) in [5, 5.41) is 9.46. The van der Waals surface area contributed by atoms with Crippen LogP contribution in [-0.4, -0.2) is 56.4 Å². The van der Waals surface area contributed by atoms with Crippen molar-refractivity contribution in [1.29, 1.82) is 0 Å². The van der Waals surface area contributed by atoms with Crippen molar-refractivity contribution in [1.82, 2.24) is 15.1 Å². The Morgan fingerprint density at radius 3 is 2.67 bits per heavy atom. The van der Waals surface area contributed by atoms with Crippen molar-refractivity contribution >= 4 is 27.5 Å². The first-order chi connectivity index (χ1) is 14.4. The topological polar surface area (TPSA) is 129 Å². The molecule has 160 valence electrons. The number of benzene rings is 1. The Balaban J connectivity index is 1.57. The molecule has 0 spiro atoms. The number of fused-ring (bicyclic) bond motifs is 1. The van der Waals surface area contributed by atoms with Crippen LogP contribution in [0, 0.1) is 0 Å². The van der Waals surface area contributed by atoms with Gasteiger partial charge in [-0.15, -0.1) is 0 Å². The minimum absolute atomic E-state index is 0.0963. The normalized spacial score (nSPS) is 19.3. The van der Waals surface area contributed by atoms with E-state index in [0.717, 1.165) is 12.8 Å². The van der Waals surface area contributed by atoms with Gasteiger partial charge in [-0.1, -0.05) is 0 Å². The smallest absolute Gasteiger partial charge is 0.314 e. The molecule has 0 bridgehead atoms. The van der Waals surface area contributed by atoms with Crippen LogP contribution in [0.25, 0.3) is 5.69 Å². The van der Waals surface area contributed by atoms with E-state index >= 15 is 0 Å². The zero-order valence-electron chi connectivity index (χ0n) is 16.4. The van der Waals surface area contributed by atoms with E-state index in [9.17, 15) is 18.0 Å². The average Bonchev–Trinajstić information content (AvgIpc) is 3.42. The summed E-state index contributed by atoms with van der Waals surface area (Å²) >= 11 is 0. The molecule has 10 nitrogen and oxygen atoms in total. The number of nitrogens with zero attached hydrogens (tertiary/aromatic N) is 2. The highest BCUT2D eigenvalue weighted by molar-refractivity contribution is 7.90. The highest BCUT2D eigenvalue weighted by Crippen LogP contribution is 2.33. The number of methoxy groups -OCH3 is 1. The maximum atomic E-state index is 12.5. The Kier molecular flexibility index (Phi) is 5.48. The fourth-order valence-corrected chi connectivity index (χ4v) is 5.03. The molecular formula is C19H22N4O6S. The SMILES string of the molecule is COc1ccc(-n2nc3c(c2NC(=O)C(=O)NC[C@@H]2CCCO2)CS(=O)(=O)C3)cc1. The van der Waals surface area contributed by atoms with Crippen molar-refractivity contribution in [2.24, 2.45) is 0 Å². The molecule has 0 radical (unpaired) electrons. The number of carbonyl (C=O) groups is 2. The van der Waals surface area contributed by atoms with Gasteiger partial charge in [0.15, 0.2) is 9.84 Å². The lowest BCUT2D eigenvalue weighted by Crippen LogP contribution is -2.39. The summed E-state index contributed by atoms with van der Waals surface area (Å²) in [5.74, 6) is -1.35. The number of rotatable bonds is 5. The highest BCUT2D eigenvalue weighted by atomic mass is 32.2. The molecule has 11 heteroatoms. The Morgan fingerprint density at radius 2 is 2.00 bits per heavy atom. The van der Waals surface area contributed by atoms with Gasteiger partial charge in [0, 0.05) is 18.7 Å². The van der Waals surface area contributed by atoms with Gasteiger partial charge in [0.05, 0.1) is 36.1 Å². The third-order valence-corrected chi connectivity index (χ3v) is 6.50. The van der Waals surface area contributed by atoms with E-state index in [1.807, 2.05) is 0 Å². The van der Waals surface area contributed by atoms with Gasteiger partial charge >= 0.3 is 11.8 Å². The summed E-state index contributed by atoms with van der Waals surface area (Å²) in [6.07, 6.45) is 1.66. The minimum atomic E-state index is -3.34. The van der Waals surface area contributed by atoms with Crippen LogP contribution in [0.15, 0.2) is 24.3 Å². The van der Waals surface area contributed by atoms with E-state index in [-0.39, 0.29) is 30.0 Å². The highest BCUT2D eigenvalue weighted by Gasteiger charge is 2.34. The van der Waals surface area contributed by atoms with Gasteiger partial charge in [0.25, 0.3) is 0 Å². The first-order valence-electron chi connectivity index (χ1n) is 9.53. The molecule has 1 aromatic carbocycles. The lowest BCUT2D eigenvalue weighted by Gasteiger charge is -2.13. The third kappa shape index (κ3) is 4.17. The monoisotopic (exact) mass is 434 g/mol. The van der Waals surface area contributed by atoms with Crippen molar-refractivity contribution < 1.29 is 27.5 Å². The summed E-state index contributed by atoms with van der Waals surface area (Å²) < 4.78 is 36.1. The number of sulfone groups is 1. The third-order valence-electron chi connectivity index (χ3n) is 5.06. The van der Waals surface area contributed by atoms with Crippen LogP contribution in [0.2, 0.25) is 0 Å². The van der Waals surface area contributed by atoms with E-state index in [1.54, 1.807) is 31.4 Å². The van der Waals surface area contributed by atoms with Crippen molar-refractivity contribution in [3.05, 3.63) is 35.5 Å². The molecule has 0 aliphatic carbocycles. The molecule has 2 N–H and O–H groups in total. The number of aromatic nitrogens is 2. The van der Waals surface area contributed by atoms with Gasteiger partial charge in [-0.25, -0.2) is 13.1 Å². The van der Waals surface area contributed by atoms with Gasteiger partial charge in [-0.05, 0) is 37.1 Å². The summed E-state index contributed by atoms with van der Waals surface area (Å²) in [6.45, 7) is 0.894. The Bertz CT molecular complexity index is 1070. The van der Waals surface area contributed by atoms with Gasteiger partial charge in [-0.2, -0.15) is 5.10 Å². The predicted octanol–water partition coefficient (Wildman–Crippen LogP) is 0.543. The second-order valence-corrected chi connectivity index (χ2v) is 9.28. The number of hydrogen-bond acceptors (Lipinski definition) is 7. The molecule has 2 amide bonds. The van der Waals surface area contributed by atoms with Gasteiger partial charge in [-0.3, -0.25) is 9.59 Å². The standard InChI is InChI=1S/C19H22N4O6S/c1-28-13-6-4-12(5-7-13)23-17(15-10-30(26,27)11-16(15)22-23)21-19(25)18(24)20-9-14-3-2-8-29-14/h4-7,14H,2-3,8-11H2,1H3,(H,20,24)(H,21,25)/t14-/m0/s1. The minimum Gasteiger partial charge on any atom is -0.497 e. The van der Waals surface area contributed by atoms with E-state index in [1.165, 1.54) is 4.68 Å². The van der Waals surface area contributed by atoms with Gasteiger partial charge in [0.2, 0.25) is 0 Å². The van der Waals surface area contributed by atoms with E-state index in [0.29, 0.717) is 29.3 Å². The first-order valence-corrected chi connectivity index (χ1v) is 11.3. The largest absolute Gasteiger partial charge is 0.497 e. The van der Waals surface area contributed by atoms with Gasteiger partial charge < -0.3 is 20.1 Å². The molecule has 2 aliphatic rings. The molecule has 3 heterocycles. The maximum Gasteiger partial charge on any atom is 0.314 e. The number of ether oxygens (including phenoxy) is 2. The second kappa shape index (κ2) is 8.07. The maximum absolute atomic E-state index is 12.5. The molecule has 1 fully saturated rings. The number of hydrogen-bond donors (Lipinski definition) is 2. The summed E-state index contributed by atoms with van der Waals surface area (Å²) in [6, 6.07) is 6.89. The summed E-state index contributed by atoms with van der Waals surface area (Å²) in [5.41, 5.74) is 1.35. The quantitative estimate of drug-likeness (QED) is 0.657. The van der Waals surface area contributed by atoms with Crippen LogP contribution in [0.3, 0.4) is 0 Å². The Morgan fingerprint density at radius 1 is 1.23 bits per heavy atom. The van der Waals surface area contributed by atoms with Crippen molar-refractivity contribution in [2.75, 3.05) is 25.6 Å². The molecule has 0 saturated carbocycles. The first kappa shape index (κ1) is 20.4. The van der Waals surface area contributed by atoms with Crippen molar-refractivity contribution in [2.45, 2.75) is 30.5 Å². The van der Waals surface area contributed by atoms with E-state index < -0.39 is 21.7 Å². The predicted molar refractivity (Wildman–Crippen MR) is 107 cm³/mol. The molecule has 1 saturated heterocycles. The molecule has 0 unspecified atom stereocenters. The van der Waals surface area contributed by atoms with Crippen LogP contribution in [-0.2, 0) is 35.7 Å². The van der Waals surface area contributed by atoms with E-state index in [4.69, 9.17) is 9.47 Å². The van der Waals surface area contributed by atoms with Crippen LogP contribution >= 0.6 is 0 Å². The summed E-state index contributed by atoms with van der Waals surface area (Å²) in [4.78, 5) is 24.7. The molecule has 4 rings (SSSR count). The number of amides is 2. The second-order valence-electron chi connectivity index (χ2n) is 7.22. The molecule has 1 aromatic heterocycles. The molecule has 2 aliphatic heterocycles. The number of nitrogens with one attached hydrogen (secondary N) is 2. The van der Waals surface area contributed by atoms with Crippen LogP contribution in [0.4, 0.5) is 5.82 Å².